The number of rotatable bonds is 7. The van der Waals surface area contributed by atoms with Crippen molar-refractivity contribution in [2.75, 3.05) is 32.7 Å². The lowest BCUT2D eigenvalue weighted by Crippen LogP contribution is -2.28. The normalized spacial score (nSPS) is 12.2. The first-order valence-electron chi connectivity index (χ1n) is 5.24. The van der Waals surface area contributed by atoms with E-state index in [0.717, 1.165) is 18.7 Å². The molecular weight excluding hydrogens is 206 g/mol. The molecule has 5 heteroatoms. The molecule has 0 fully saturated rings. The van der Waals surface area contributed by atoms with Crippen LogP contribution in [0.15, 0.2) is 18.3 Å². The maximum atomic E-state index is 5.80. The van der Waals surface area contributed by atoms with Crippen molar-refractivity contribution in [1.29, 1.82) is 0 Å². The highest BCUT2D eigenvalue weighted by Crippen LogP contribution is 2.13. The Kier molecular flexibility index (Phi) is 5.60. The predicted octanol–water partition coefficient (Wildman–Crippen LogP) is 0.866. The van der Waals surface area contributed by atoms with Crippen molar-refractivity contribution >= 4 is 5.69 Å². The topological polar surface area (TPSA) is 69.4 Å². The van der Waals surface area contributed by atoms with Gasteiger partial charge in [-0.25, -0.2) is 4.98 Å². The third kappa shape index (κ3) is 4.46. The number of ether oxygens (including phenoxy) is 2. The van der Waals surface area contributed by atoms with Crippen molar-refractivity contribution in [1.82, 2.24) is 4.98 Å². The minimum atomic E-state index is 0.0706. The molecule has 90 valence electrons. The van der Waals surface area contributed by atoms with Crippen molar-refractivity contribution in [3.05, 3.63) is 18.3 Å². The fourth-order valence-electron chi connectivity index (χ4n) is 1.33. The summed E-state index contributed by atoms with van der Waals surface area (Å²) in [6.45, 7) is 1.39. The average Bonchev–Trinajstić information content (AvgIpc) is 2.30. The van der Waals surface area contributed by atoms with Gasteiger partial charge in [0.05, 0.1) is 13.7 Å². The van der Waals surface area contributed by atoms with Gasteiger partial charge in [-0.1, -0.05) is 0 Å². The highest BCUT2D eigenvalue weighted by atomic mass is 16.5. The Hall–Kier alpha value is -1.33. The molecule has 1 aromatic heterocycles. The molecule has 1 rings (SSSR count). The molecule has 0 radical (unpaired) electrons. The predicted molar refractivity (Wildman–Crippen MR) is 63.7 cm³/mol. The first kappa shape index (κ1) is 12.7. The van der Waals surface area contributed by atoms with E-state index >= 15 is 0 Å². The van der Waals surface area contributed by atoms with Crippen LogP contribution >= 0.6 is 0 Å². The van der Waals surface area contributed by atoms with E-state index in [1.807, 2.05) is 12.1 Å². The van der Waals surface area contributed by atoms with E-state index in [2.05, 4.69) is 10.3 Å². The van der Waals surface area contributed by atoms with E-state index < -0.39 is 0 Å². The molecule has 1 aromatic rings. The minimum absolute atomic E-state index is 0.0706. The van der Waals surface area contributed by atoms with E-state index in [0.29, 0.717) is 12.5 Å². The number of nitrogens with zero attached hydrogens (tertiary/aromatic N) is 1. The monoisotopic (exact) mass is 225 g/mol. The van der Waals surface area contributed by atoms with Gasteiger partial charge in [0.1, 0.15) is 0 Å². The van der Waals surface area contributed by atoms with Gasteiger partial charge in [0, 0.05) is 37.6 Å². The molecule has 0 bridgehead atoms. The molecule has 3 N–H and O–H groups in total. The van der Waals surface area contributed by atoms with E-state index in [9.17, 15) is 0 Å². The lowest BCUT2D eigenvalue weighted by molar-refractivity contribution is 0.178. The molecule has 0 saturated heterocycles. The van der Waals surface area contributed by atoms with Gasteiger partial charge < -0.3 is 20.5 Å². The van der Waals surface area contributed by atoms with Gasteiger partial charge in [0.2, 0.25) is 5.88 Å². The quantitative estimate of drug-likeness (QED) is 0.720. The summed E-state index contributed by atoms with van der Waals surface area (Å²) in [6.07, 6.45) is 2.56. The Morgan fingerprint density at radius 2 is 2.31 bits per heavy atom. The Bertz CT molecular complexity index is 307. The lowest BCUT2D eigenvalue weighted by atomic mass is 10.2. The molecule has 1 atom stereocenters. The number of hydrogen-bond donors (Lipinski definition) is 2. The van der Waals surface area contributed by atoms with E-state index in [1.165, 1.54) is 0 Å². The van der Waals surface area contributed by atoms with Crippen LogP contribution in [0.25, 0.3) is 0 Å². The highest BCUT2D eigenvalue weighted by molar-refractivity contribution is 5.44. The summed E-state index contributed by atoms with van der Waals surface area (Å²) in [5, 5.41) is 3.25. The van der Waals surface area contributed by atoms with E-state index in [-0.39, 0.29) is 6.04 Å². The van der Waals surface area contributed by atoms with Gasteiger partial charge in [0.15, 0.2) is 0 Å². The molecular formula is C11H19N3O2. The first-order valence-corrected chi connectivity index (χ1v) is 5.24. The molecule has 0 aliphatic rings. The first-order chi connectivity index (χ1) is 7.76. The Morgan fingerprint density at radius 3 is 3.00 bits per heavy atom. The standard InChI is InChI=1S/C11H19N3O2/c1-15-8-9(12)3-5-13-10-4-6-14-11(7-10)16-2/h4,6-7,9H,3,5,8,12H2,1-2H3,(H,13,14). The third-order valence-electron chi connectivity index (χ3n) is 2.17. The van der Waals surface area contributed by atoms with Crippen molar-refractivity contribution in [2.45, 2.75) is 12.5 Å². The zero-order valence-corrected chi connectivity index (χ0v) is 9.77. The number of nitrogens with one attached hydrogen (secondary N) is 1. The van der Waals surface area contributed by atoms with Gasteiger partial charge >= 0.3 is 0 Å². The Labute approximate surface area is 96.0 Å². The highest BCUT2D eigenvalue weighted by Gasteiger charge is 2.01. The zero-order valence-electron chi connectivity index (χ0n) is 9.77. The maximum absolute atomic E-state index is 5.80. The summed E-state index contributed by atoms with van der Waals surface area (Å²) in [5.74, 6) is 0.603. The van der Waals surface area contributed by atoms with Crippen LogP contribution in [0, 0.1) is 0 Å². The van der Waals surface area contributed by atoms with Gasteiger partial charge in [0.25, 0.3) is 0 Å². The summed E-state index contributed by atoms with van der Waals surface area (Å²) in [6, 6.07) is 3.81. The van der Waals surface area contributed by atoms with Crippen molar-refractivity contribution in [3.8, 4) is 5.88 Å². The summed E-state index contributed by atoms with van der Waals surface area (Å²) in [7, 11) is 3.25. The molecule has 0 aliphatic carbocycles. The summed E-state index contributed by atoms with van der Waals surface area (Å²) >= 11 is 0. The molecule has 5 nitrogen and oxygen atoms in total. The number of pyridine rings is 1. The number of nitrogens with two attached hydrogens (primary N) is 1. The average molecular weight is 225 g/mol. The smallest absolute Gasteiger partial charge is 0.214 e. The second-order valence-corrected chi connectivity index (χ2v) is 3.52. The third-order valence-corrected chi connectivity index (χ3v) is 2.17. The zero-order chi connectivity index (χ0) is 11.8. The molecule has 1 unspecified atom stereocenters. The molecule has 1 heterocycles. The molecule has 16 heavy (non-hydrogen) atoms. The van der Waals surface area contributed by atoms with Gasteiger partial charge in [-0.05, 0) is 12.5 Å². The Morgan fingerprint density at radius 1 is 1.50 bits per heavy atom. The second kappa shape index (κ2) is 7.03. The van der Waals surface area contributed by atoms with Crippen LogP contribution in [0.2, 0.25) is 0 Å². The van der Waals surface area contributed by atoms with Crippen molar-refractivity contribution < 1.29 is 9.47 Å². The molecule has 0 amide bonds. The van der Waals surface area contributed by atoms with Crippen LogP contribution in [0.3, 0.4) is 0 Å². The van der Waals surface area contributed by atoms with Crippen LogP contribution in [-0.4, -0.2) is 38.4 Å². The summed E-state index contributed by atoms with van der Waals surface area (Å²) < 4.78 is 9.99. The maximum Gasteiger partial charge on any atom is 0.214 e. The van der Waals surface area contributed by atoms with Gasteiger partial charge in [-0.15, -0.1) is 0 Å². The van der Waals surface area contributed by atoms with Gasteiger partial charge in [-0.2, -0.15) is 0 Å². The molecule has 0 aromatic carbocycles. The lowest BCUT2D eigenvalue weighted by Gasteiger charge is -2.11. The van der Waals surface area contributed by atoms with Crippen LogP contribution in [0.1, 0.15) is 6.42 Å². The van der Waals surface area contributed by atoms with E-state index in [1.54, 1.807) is 20.4 Å². The molecule has 0 aliphatic heterocycles. The van der Waals surface area contributed by atoms with Crippen molar-refractivity contribution in [3.63, 3.8) is 0 Å². The fourth-order valence-corrected chi connectivity index (χ4v) is 1.33. The number of anilines is 1. The molecule has 0 spiro atoms. The Balaban J connectivity index is 2.31. The minimum Gasteiger partial charge on any atom is -0.481 e. The fraction of sp³-hybridized carbons (Fsp3) is 0.545. The number of aromatic nitrogens is 1. The van der Waals surface area contributed by atoms with Crippen LogP contribution in [0.5, 0.6) is 5.88 Å². The van der Waals surface area contributed by atoms with E-state index in [4.69, 9.17) is 15.2 Å². The van der Waals surface area contributed by atoms with Gasteiger partial charge in [-0.3, -0.25) is 0 Å². The van der Waals surface area contributed by atoms with Crippen LogP contribution < -0.4 is 15.8 Å². The summed E-state index contributed by atoms with van der Waals surface area (Å²) in [5.41, 5.74) is 6.79. The number of methoxy groups -OCH3 is 2. The number of hydrogen-bond acceptors (Lipinski definition) is 5. The SMILES string of the molecule is COCC(N)CCNc1ccnc(OC)c1. The van der Waals surface area contributed by atoms with Crippen LogP contribution in [-0.2, 0) is 4.74 Å². The van der Waals surface area contributed by atoms with Crippen LogP contribution in [0.4, 0.5) is 5.69 Å². The van der Waals surface area contributed by atoms with Crippen molar-refractivity contribution in [2.24, 2.45) is 5.73 Å². The largest absolute Gasteiger partial charge is 0.481 e. The summed E-state index contributed by atoms with van der Waals surface area (Å²) in [4.78, 5) is 4.02. The second-order valence-electron chi connectivity index (χ2n) is 3.52. The molecule has 0 saturated carbocycles.